The first-order chi connectivity index (χ1) is 11.6. The van der Waals surface area contributed by atoms with Crippen molar-refractivity contribution >= 4 is 16.8 Å². The van der Waals surface area contributed by atoms with E-state index in [0.717, 1.165) is 41.5 Å². The summed E-state index contributed by atoms with van der Waals surface area (Å²) in [6, 6.07) is 15.8. The molecule has 3 aromatic rings. The SMILES string of the molecule is CCc1c(CC(N)=O)c2c(O)cccc2n1CCc1ccccc1. The van der Waals surface area contributed by atoms with Crippen molar-refractivity contribution in [3.63, 3.8) is 0 Å². The molecule has 3 N–H and O–H groups in total. The molecular formula is C20H22N2O2. The monoisotopic (exact) mass is 322 g/mol. The molecule has 0 saturated carbocycles. The Morgan fingerprint density at radius 2 is 1.88 bits per heavy atom. The number of rotatable bonds is 6. The highest BCUT2D eigenvalue weighted by molar-refractivity contribution is 5.94. The highest BCUT2D eigenvalue weighted by atomic mass is 16.3. The minimum Gasteiger partial charge on any atom is -0.507 e. The van der Waals surface area contributed by atoms with Crippen LogP contribution in [-0.2, 0) is 30.6 Å². The van der Waals surface area contributed by atoms with E-state index in [2.05, 4.69) is 23.6 Å². The zero-order valence-corrected chi connectivity index (χ0v) is 13.8. The van der Waals surface area contributed by atoms with Gasteiger partial charge in [-0.05, 0) is 36.1 Å². The topological polar surface area (TPSA) is 68.2 Å². The summed E-state index contributed by atoms with van der Waals surface area (Å²) < 4.78 is 2.21. The van der Waals surface area contributed by atoms with E-state index in [4.69, 9.17) is 5.73 Å². The number of fused-ring (bicyclic) bond motifs is 1. The number of phenolic OH excluding ortho intramolecular Hbond substituents is 1. The zero-order valence-electron chi connectivity index (χ0n) is 13.8. The van der Waals surface area contributed by atoms with E-state index >= 15 is 0 Å². The fourth-order valence-corrected chi connectivity index (χ4v) is 3.42. The predicted molar refractivity (Wildman–Crippen MR) is 96.0 cm³/mol. The average molecular weight is 322 g/mol. The van der Waals surface area contributed by atoms with Gasteiger partial charge in [0.1, 0.15) is 5.75 Å². The number of carbonyl (C=O) groups is 1. The normalized spacial score (nSPS) is 11.0. The van der Waals surface area contributed by atoms with Crippen LogP contribution in [0.3, 0.4) is 0 Å². The Balaban J connectivity index is 2.09. The van der Waals surface area contributed by atoms with Crippen LogP contribution in [0.1, 0.15) is 23.7 Å². The number of aromatic hydroxyl groups is 1. The third-order valence-corrected chi connectivity index (χ3v) is 4.44. The minimum atomic E-state index is -0.380. The van der Waals surface area contributed by atoms with Gasteiger partial charge in [-0.15, -0.1) is 0 Å². The summed E-state index contributed by atoms with van der Waals surface area (Å²) in [4.78, 5) is 11.5. The number of nitrogens with two attached hydrogens (primary N) is 1. The van der Waals surface area contributed by atoms with Crippen molar-refractivity contribution in [2.24, 2.45) is 5.73 Å². The van der Waals surface area contributed by atoms with Crippen molar-refractivity contribution in [3.05, 3.63) is 65.4 Å². The molecule has 0 aliphatic carbocycles. The maximum atomic E-state index is 11.5. The predicted octanol–water partition coefficient (Wildman–Crippen LogP) is 3.18. The highest BCUT2D eigenvalue weighted by Crippen LogP contribution is 2.34. The smallest absolute Gasteiger partial charge is 0.221 e. The fraction of sp³-hybridized carbons (Fsp3) is 0.250. The quantitative estimate of drug-likeness (QED) is 0.732. The molecule has 24 heavy (non-hydrogen) atoms. The molecule has 4 heteroatoms. The first-order valence-electron chi connectivity index (χ1n) is 8.26. The van der Waals surface area contributed by atoms with Gasteiger partial charge in [0.05, 0.1) is 11.9 Å². The molecule has 1 heterocycles. The zero-order chi connectivity index (χ0) is 17.1. The number of benzene rings is 2. The van der Waals surface area contributed by atoms with Crippen molar-refractivity contribution in [2.75, 3.05) is 0 Å². The standard InChI is InChI=1S/C20H22N2O2/c1-2-16-15(13-19(21)24)20-17(9-6-10-18(20)23)22(16)12-11-14-7-4-3-5-8-14/h3-10,23H,2,11-13H2,1H3,(H2,21,24). The molecule has 0 aliphatic heterocycles. The summed E-state index contributed by atoms with van der Waals surface area (Å²) in [5.41, 5.74) is 9.58. The third-order valence-electron chi connectivity index (χ3n) is 4.44. The van der Waals surface area contributed by atoms with Crippen LogP contribution in [0.25, 0.3) is 10.9 Å². The van der Waals surface area contributed by atoms with Crippen LogP contribution in [0.5, 0.6) is 5.75 Å². The molecule has 0 spiro atoms. The first kappa shape index (κ1) is 16.1. The number of nitrogens with zero attached hydrogens (tertiary/aromatic N) is 1. The number of hydrogen-bond donors (Lipinski definition) is 2. The molecule has 4 nitrogen and oxygen atoms in total. The molecular weight excluding hydrogens is 300 g/mol. The molecule has 1 aromatic heterocycles. The fourth-order valence-electron chi connectivity index (χ4n) is 3.42. The maximum absolute atomic E-state index is 11.5. The summed E-state index contributed by atoms with van der Waals surface area (Å²) in [6.45, 7) is 2.86. The molecule has 2 aromatic carbocycles. The van der Waals surface area contributed by atoms with Crippen molar-refractivity contribution in [2.45, 2.75) is 32.7 Å². The van der Waals surface area contributed by atoms with Crippen LogP contribution in [0.4, 0.5) is 0 Å². The molecule has 0 saturated heterocycles. The summed E-state index contributed by atoms with van der Waals surface area (Å²) in [5.74, 6) is -0.174. The number of phenols is 1. The first-order valence-corrected chi connectivity index (χ1v) is 8.26. The number of aryl methyl sites for hydroxylation is 2. The second kappa shape index (κ2) is 6.79. The van der Waals surface area contributed by atoms with E-state index in [1.54, 1.807) is 6.07 Å². The summed E-state index contributed by atoms with van der Waals surface area (Å²) >= 11 is 0. The Bertz CT molecular complexity index is 866. The number of primary amides is 1. The van der Waals surface area contributed by atoms with Crippen LogP contribution >= 0.6 is 0 Å². The third kappa shape index (κ3) is 3.00. The van der Waals surface area contributed by atoms with Gasteiger partial charge in [-0.3, -0.25) is 4.79 Å². The maximum Gasteiger partial charge on any atom is 0.221 e. The second-order valence-corrected chi connectivity index (χ2v) is 5.98. The Morgan fingerprint density at radius 1 is 1.12 bits per heavy atom. The Morgan fingerprint density at radius 3 is 2.54 bits per heavy atom. The van der Waals surface area contributed by atoms with Gasteiger partial charge < -0.3 is 15.4 Å². The van der Waals surface area contributed by atoms with Crippen molar-refractivity contribution < 1.29 is 9.90 Å². The Kier molecular flexibility index (Phi) is 4.56. The Labute approximate surface area is 141 Å². The summed E-state index contributed by atoms with van der Waals surface area (Å²) in [6.07, 6.45) is 1.82. The second-order valence-electron chi connectivity index (χ2n) is 5.98. The minimum absolute atomic E-state index is 0.148. The van der Waals surface area contributed by atoms with E-state index in [0.29, 0.717) is 0 Å². The van der Waals surface area contributed by atoms with E-state index in [1.165, 1.54) is 5.56 Å². The van der Waals surface area contributed by atoms with Crippen molar-refractivity contribution in [1.29, 1.82) is 0 Å². The lowest BCUT2D eigenvalue weighted by molar-refractivity contribution is -0.117. The number of amides is 1. The molecule has 124 valence electrons. The van der Waals surface area contributed by atoms with Crippen LogP contribution in [-0.4, -0.2) is 15.6 Å². The van der Waals surface area contributed by atoms with Gasteiger partial charge in [0.15, 0.2) is 0 Å². The summed E-state index contributed by atoms with van der Waals surface area (Å²) in [5, 5.41) is 11.1. The van der Waals surface area contributed by atoms with Gasteiger partial charge in [0, 0.05) is 17.6 Å². The van der Waals surface area contributed by atoms with E-state index in [1.807, 2.05) is 30.3 Å². The van der Waals surface area contributed by atoms with E-state index in [9.17, 15) is 9.90 Å². The molecule has 0 bridgehead atoms. The van der Waals surface area contributed by atoms with E-state index in [-0.39, 0.29) is 18.1 Å². The molecule has 0 unspecified atom stereocenters. The lowest BCUT2D eigenvalue weighted by Gasteiger charge is -2.11. The molecule has 3 rings (SSSR count). The van der Waals surface area contributed by atoms with Crippen LogP contribution in [0, 0.1) is 0 Å². The molecule has 0 atom stereocenters. The van der Waals surface area contributed by atoms with Gasteiger partial charge >= 0.3 is 0 Å². The summed E-state index contributed by atoms with van der Waals surface area (Å²) in [7, 11) is 0. The highest BCUT2D eigenvalue weighted by Gasteiger charge is 2.19. The average Bonchev–Trinajstić information content (AvgIpc) is 2.87. The van der Waals surface area contributed by atoms with Crippen LogP contribution in [0.2, 0.25) is 0 Å². The molecule has 0 fully saturated rings. The lowest BCUT2D eigenvalue weighted by atomic mass is 10.1. The van der Waals surface area contributed by atoms with Gasteiger partial charge in [-0.2, -0.15) is 0 Å². The Hall–Kier alpha value is -2.75. The molecule has 0 radical (unpaired) electrons. The largest absolute Gasteiger partial charge is 0.507 e. The van der Waals surface area contributed by atoms with Crippen LogP contribution in [0.15, 0.2) is 48.5 Å². The number of aromatic nitrogens is 1. The van der Waals surface area contributed by atoms with Gasteiger partial charge in [0.25, 0.3) is 0 Å². The van der Waals surface area contributed by atoms with Gasteiger partial charge in [0.2, 0.25) is 5.91 Å². The number of hydrogen-bond acceptors (Lipinski definition) is 2. The molecule has 1 amide bonds. The van der Waals surface area contributed by atoms with Crippen LogP contribution < -0.4 is 5.73 Å². The molecule has 0 aliphatic rings. The van der Waals surface area contributed by atoms with Crippen molar-refractivity contribution in [3.8, 4) is 5.75 Å². The van der Waals surface area contributed by atoms with E-state index < -0.39 is 0 Å². The van der Waals surface area contributed by atoms with Gasteiger partial charge in [-0.25, -0.2) is 0 Å². The van der Waals surface area contributed by atoms with Gasteiger partial charge in [-0.1, -0.05) is 43.3 Å². The lowest BCUT2D eigenvalue weighted by Crippen LogP contribution is -2.15. The van der Waals surface area contributed by atoms with Crippen molar-refractivity contribution in [1.82, 2.24) is 4.57 Å². The number of carbonyl (C=O) groups excluding carboxylic acids is 1.